The van der Waals surface area contributed by atoms with Crippen molar-refractivity contribution in [1.29, 1.82) is 0 Å². The molecule has 0 bridgehead atoms. The van der Waals surface area contributed by atoms with Gasteiger partial charge in [0, 0.05) is 17.5 Å². The van der Waals surface area contributed by atoms with Gasteiger partial charge in [0.05, 0.1) is 5.39 Å². The number of aryl methyl sites for hydroxylation is 1. The summed E-state index contributed by atoms with van der Waals surface area (Å²) in [6, 6.07) is 1.37. The lowest BCUT2D eigenvalue weighted by atomic mass is 9.89. The third-order valence-corrected chi connectivity index (χ3v) is 5.89. The molecular formula is C27H36O5. The molecule has 0 aliphatic heterocycles. The maximum absolute atomic E-state index is 13.2. The normalized spacial score (nSPS) is 12.8. The average Bonchev–Trinajstić information content (AvgIpc) is 2.72. The monoisotopic (exact) mass is 440 g/mol. The number of carbonyl (C=O) groups is 1. The molecular weight excluding hydrogens is 404 g/mol. The molecule has 174 valence electrons. The van der Waals surface area contributed by atoms with E-state index in [1.807, 2.05) is 26.8 Å². The molecule has 2 rings (SSSR count). The number of hydrogen-bond donors (Lipinski definition) is 2. The molecule has 1 heterocycles. The van der Waals surface area contributed by atoms with Crippen molar-refractivity contribution in [1.82, 2.24) is 0 Å². The van der Waals surface area contributed by atoms with Crippen LogP contribution in [0.5, 0.6) is 11.5 Å². The van der Waals surface area contributed by atoms with Crippen molar-refractivity contribution in [3.8, 4) is 11.5 Å². The van der Waals surface area contributed by atoms with E-state index in [0.717, 1.165) is 24.8 Å². The number of ketones is 1. The van der Waals surface area contributed by atoms with Crippen LogP contribution in [-0.2, 0) is 12.8 Å². The fourth-order valence-electron chi connectivity index (χ4n) is 3.79. The van der Waals surface area contributed by atoms with Crippen molar-refractivity contribution in [2.24, 2.45) is 5.92 Å². The zero-order chi connectivity index (χ0) is 24.0. The van der Waals surface area contributed by atoms with Gasteiger partial charge in [0.25, 0.3) is 0 Å². The van der Waals surface area contributed by atoms with Gasteiger partial charge in [-0.2, -0.15) is 0 Å². The number of allylic oxidation sites excluding steroid dienone is 4. The van der Waals surface area contributed by atoms with Gasteiger partial charge >= 0.3 is 5.63 Å². The Morgan fingerprint density at radius 2 is 1.81 bits per heavy atom. The highest BCUT2D eigenvalue weighted by atomic mass is 16.4. The van der Waals surface area contributed by atoms with Gasteiger partial charge in [-0.05, 0) is 58.4 Å². The number of fused-ring (bicyclic) bond motifs is 1. The van der Waals surface area contributed by atoms with E-state index in [2.05, 4.69) is 19.9 Å². The van der Waals surface area contributed by atoms with Gasteiger partial charge in [-0.15, -0.1) is 0 Å². The molecule has 1 atom stereocenters. The van der Waals surface area contributed by atoms with Crippen LogP contribution in [0, 0.1) is 5.92 Å². The highest BCUT2D eigenvalue weighted by Gasteiger charge is 2.28. The Morgan fingerprint density at radius 1 is 1.12 bits per heavy atom. The fraction of sp³-hybridized carbons (Fsp3) is 0.481. The highest BCUT2D eigenvalue weighted by Crippen LogP contribution is 2.42. The summed E-state index contributed by atoms with van der Waals surface area (Å²) in [7, 11) is 0. The van der Waals surface area contributed by atoms with E-state index < -0.39 is 5.63 Å². The van der Waals surface area contributed by atoms with Crippen molar-refractivity contribution in [2.45, 2.75) is 80.1 Å². The van der Waals surface area contributed by atoms with Gasteiger partial charge in [0.2, 0.25) is 0 Å². The minimum absolute atomic E-state index is 0.00667. The molecule has 0 radical (unpaired) electrons. The summed E-state index contributed by atoms with van der Waals surface area (Å²) >= 11 is 0. The number of carbonyl (C=O) groups excluding carboxylic acids is 1. The van der Waals surface area contributed by atoms with E-state index >= 15 is 0 Å². The van der Waals surface area contributed by atoms with Crippen LogP contribution in [0.15, 0.2) is 38.6 Å². The van der Waals surface area contributed by atoms with Gasteiger partial charge in [-0.3, -0.25) is 4.79 Å². The summed E-state index contributed by atoms with van der Waals surface area (Å²) < 4.78 is 5.40. The summed E-state index contributed by atoms with van der Waals surface area (Å²) in [6.45, 7) is 11.8. The number of phenols is 2. The van der Waals surface area contributed by atoms with Crippen molar-refractivity contribution in [3.63, 3.8) is 0 Å². The van der Waals surface area contributed by atoms with Gasteiger partial charge in [-0.1, -0.05) is 50.5 Å². The molecule has 2 N–H and O–H groups in total. The number of hydrogen-bond acceptors (Lipinski definition) is 5. The highest BCUT2D eigenvalue weighted by molar-refractivity contribution is 6.12. The maximum Gasteiger partial charge on any atom is 0.336 e. The summed E-state index contributed by atoms with van der Waals surface area (Å²) in [6.07, 6.45) is 8.09. The zero-order valence-electron chi connectivity index (χ0n) is 20.2. The van der Waals surface area contributed by atoms with Crippen LogP contribution in [0.1, 0.15) is 88.7 Å². The van der Waals surface area contributed by atoms with Gasteiger partial charge in [0.15, 0.2) is 11.4 Å². The Balaban J connectivity index is 2.71. The lowest BCUT2D eigenvalue weighted by Crippen LogP contribution is -2.14. The molecule has 0 spiro atoms. The molecule has 32 heavy (non-hydrogen) atoms. The van der Waals surface area contributed by atoms with E-state index in [4.69, 9.17) is 4.42 Å². The van der Waals surface area contributed by atoms with Crippen LogP contribution in [0.2, 0.25) is 0 Å². The Bertz CT molecular complexity index is 1100. The van der Waals surface area contributed by atoms with E-state index in [9.17, 15) is 19.8 Å². The third kappa shape index (κ3) is 5.70. The van der Waals surface area contributed by atoms with Crippen molar-refractivity contribution >= 4 is 16.8 Å². The van der Waals surface area contributed by atoms with Crippen LogP contribution in [0.4, 0.5) is 0 Å². The van der Waals surface area contributed by atoms with Crippen LogP contribution in [0.3, 0.4) is 0 Å². The molecule has 1 aromatic heterocycles. The SMILES string of the molecule is CCCc1cc(=O)oc2c(C(=O)[C@H](C)CC)c(O)c(C/C=C(\C)CCC=C(C)C)c(O)c12. The summed E-state index contributed by atoms with van der Waals surface area (Å²) in [5, 5.41) is 22.5. The molecule has 1 aromatic carbocycles. The quantitative estimate of drug-likeness (QED) is 0.246. The Labute approximate surface area is 190 Å². The summed E-state index contributed by atoms with van der Waals surface area (Å²) in [5.74, 6) is -1.08. The maximum atomic E-state index is 13.2. The molecule has 0 aliphatic rings. The summed E-state index contributed by atoms with van der Waals surface area (Å²) in [4.78, 5) is 25.4. The van der Waals surface area contributed by atoms with Crippen molar-refractivity contribution < 1.29 is 19.4 Å². The predicted molar refractivity (Wildman–Crippen MR) is 130 cm³/mol. The van der Waals surface area contributed by atoms with Crippen LogP contribution in [-0.4, -0.2) is 16.0 Å². The van der Waals surface area contributed by atoms with Crippen LogP contribution in [0.25, 0.3) is 11.0 Å². The molecule has 5 nitrogen and oxygen atoms in total. The number of aromatic hydroxyl groups is 2. The zero-order valence-corrected chi connectivity index (χ0v) is 20.2. The second-order valence-corrected chi connectivity index (χ2v) is 8.84. The van der Waals surface area contributed by atoms with Crippen LogP contribution < -0.4 is 5.63 Å². The average molecular weight is 441 g/mol. The molecule has 2 aromatic rings. The first-order valence-corrected chi connectivity index (χ1v) is 11.5. The summed E-state index contributed by atoms with van der Waals surface area (Å²) in [5.41, 5.74) is 2.69. The van der Waals surface area contributed by atoms with Crippen molar-refractivity contribution in [2.75, 3.05) is 0 Å². The second-order valence-electron chi connectivity index (χ2n) is 8.84. The van der Waals surface area contributed by atoms with Crippen molar-refractivity contribution in [3.05, 3.63) is 56.5 Å². The molecule has 0 fully saturated rings. The molecule has 0 saturated carbocycles. The Morgan fingerprint density at radius 3 is 2.41 bits per heavy atom. The van der Waals surface area contributed by atoms with E-state index in [-0.39, 0.29) is 46.3 Å². The Kier molecular flexibility index (Phi) is 8.88. The van der Waals surface area contributed by atoms with Gasteiger partial charge in [0.1, 0.15) is 17.1 Å². The molecule has 0 aliphatic carbocycles. The Hall–Kier alpha value is -2.82. The van der Waals surface area contributed by atoms with E-state index in [0.29, 0.717) is 23.8 Å². The number of phenolic OH excluding ortho intramolecular Hbond substituents is 2. The first kappa shape index (κ1) is 25.4. The molecule has 5 heteroatoms. The minimum atomic E-state index is -0.597. The number of benzene rings is 1. The number of rotatable bonds is 10. The standard InChI is InChI=1S/C27H36O5/c1-7-10-19-15-21(28)32-27-22(19)25(30)20(14-13-17(5)12-9-11-16(3)4)26(31)23(27)24(29)18(6)8-2/h11,13,15,18,30-31H,7-10,12,14H2,1-6H3/b17-13+/t18-/m1/s1. The predicted octanol–water partition coefficient (Wildman–Crippen LogP) is 6.62. The third-order valence-electron chi connectivity index (χ3n) is 5.89. The first-order valence-electron chi connectivity index (χ1n) is 11.5. The molecule has 0 amide bonds. The van der Waals surface area contributed by atoms with E-state index in [1.54, 1.807) is 6.92 Å². The fourth-order valence-corrected chi connectivity index (χ4v) is 3.79. The van der Waals surface area contributed by atoms with Crippen LogP contribution >= 0.6 is 0 Å². The largest absolute Gasteiger partial charge is 0.507 e. The lowest BCUT2D eigenvalue weighted by Gasteiger charge is -2.17. The van der Waals surface area contributed by atoms with Gasteiger partial charge in [-0.25, -0.2) is 4.79 Å². The lowest BCUT2D eigenvalue weighted by molar-refractivity contribution is 0.0925. The minimum Gasteiger partial charge on any atom is -0.507 e. The molecule has 0 saturated heterocycles. The molecule has 0 unspecified atom stereocenters. The van der Waals surface area contributed by atoms with Gasteiger partial charge < -0.3 is 14.6 Å². The first-order chi connectivity index (χ1) is 15.1. The topological polar surface area (TPSA) is 87.7 Å². The number of Topliss-reactive ketones (excluding diaryl/α,β-unsaturated/α-hetero) is 1. The second kappa shape index (κ2) is 11.2. The van der Waals surface area contributed by atoms with E-state index in [1.165, 1.54) is 11.6 Å². The smallest absolute Gasteiger partial charge is 0.336 e.